The number of halogens is 1. The Hall–Kier alpha value is -1.27. The molecule has 0 spiro atoms. The van der Waals surface area contributed by atoms with Crippen LogP contribution >= 0.6 is 23.4 Å². The molecule has 1 aliphatic rings. The Morgan fingerprint density at radius 2 is 2.42 bits per heavy atom. The minimum atomic E-state index is -0.00933. The molecule has 2 N–H and O–H groups in total. The zero-order chi connectivity index (χ0) is 14.0. The number of amides is 1. The summed E-state index contributed by atoms with van der Waals surface area (Å²) < 4.78 is 0. The molecule has 1 aliphatic heterocycles. The van der Waals surface area contributed by atoms with Crippen LogP contribution in [-0.4, -0.2) is 28.3 Å². The number of hydrogen-bond donors (Lipinski definition) is 1. The molecule has 1 atom stereocenters. The van der Waals surface area contributed by atoms with Crippen molar-refractivity contribution >= 4 is 45.9 Å². The average Bonchev–Trinajstić information content (AvgIpc) is 2.71. The number of nitrogens with two attached hydrogens (primary N) is 1. The van der Waals surface area contributed by atoms with Crippen molar-refractivity contribution < 1.29 is 9.59 Å². The fourth-order valence-electron chi connectivity index (χ4n) is 2.02. The first kappa shape index (κ1) is 14.1. The first-order valence-electron chi connectivity index (χ1n) is 5.82. The van der Waals surface area contributed by atoms with Crippen LogP contribution in [-0.2, 0) is 9.59 Å². The lowest BCUT2D eigenvalue weighted by atomic mass is 10.1. The third-order valence-corrected chi connectivity index (χ3v) is 4.13. The number of thioether (sulfide) groups is 1. The molecule has 5 nitrogen and oxygen atoms in total. The van der Waals surface area contributed by atoms with Crippen LogP contribution in [0.4, 0.5) is 11.5 Å². The fourth-order valence-corrected chi connectivity index (χ4v) is 2.86. The highest BCUT2D eigenvalue weighted by molar-refractivity contribution is 8.13. The van der Waals surface area contributed by atoms with Crippen molar-refractivity contribution in [1.29, 1.82) is 0 Å². The van der Waals surface area contributed by atoms with E-state index in [1.165, 1.54) is 24.9 Å². The number of hydrogen-bond acceptors (Lipinski definition) is 5. The number of rotatable bonds is 3. The van der Waals surface area contributed by atoms with Gasteiger partial charge in [-0.15, -0.1) is 0 Å². The van der Waals surface area contributed by atoms with Crippen molar-refractivity contribution in [3.63, 3.8) is 0 Å². The van der Waals surface area contributed by atoms with E-state index in [1.54, 1.807) is 11.0 Å². The van der Waals surface area contributed by atoms with E-state index in [1.807, 2.05) is 0 Å². The highest BCUT2D eigenvalue weighted by Crippen LogP contribution is 2.31. The number of nitrogen functional groups attached to an aromatic ring is 1. The van der Waals surface area contributed by atoms with E-state index in [-0.39, 0.29) is 22.8 Å². The van der Waals surface area contributed by atoms with Gasteiger partial charge in [0.25, 0.3) is 0 Å². The number of carbonyl (C=O) groups excluding carboxylic acids is 2. The van der Waals surface area contributed by atoms with Gasteiger partial charge >= 0.3 is 0 Å². The molecule has 0 saturated carbocycles. The van der Waals surface area contributed by atoms with Gasteiger partial charge in [0.05, 0.1) is 10.7 Å². The summed E-state index contributed by atoms with van der Waals surface area (Å²) in [6.07, 6.45) is 1.87. The normalized spacial score (nSPS) is 18.9. The molecule has 1 unspecified atom stereocenters. The second-order valence-electron chi connectivity index (χ2n) is 4.43. The van der Waals surface area contributed by atoms with Gasteiger partial charge in [0.1, 0.15) is 5.82 Å². The van der Waals surface area contributed by atoms with E-state index in [2.05, 4.69) is 4.98 Å². The molecule has 102 valence electrons. The van der Waals surface area contributed by atoms with Crippen LogP contribution in [0, 0.1) is 5.92 Å². The Morgan fingerprint density at radius 3 is 3.11 bits per heavy atom. The van der Waals surface area contributed by atoms with E-state index in [9.17, 15) is 9.59 Å². The molecule has 1 amide bonds. The molecule has 19 heavy (non-hydrogen) atoms. The van der Waals surface area contributed by atoms with E-state index < -0.39 is 0 Å². The first-order valence-corrected chi connectivity index (χ1v) is 7.18. The highest BCUT2D eigenvalue weighted by atomic mass is 35.5. The van der Waals surface area contributed by atoms with E-state index in [0.717, 1.165) is 0 Å². The third-order valence-electron chi connectivity index (χ3n) is 2.88. The SMILES string of the molecule is CC(=O)SCC1CC(=O)N(c2cc(Cl)cnc2N)C1. The molecule has 2 rings (SSSR count). The summed E-state index contributed by atoms with van der Waals surface area (Å²) in [5.41, 5.74) is 6.33. The van der Waals surface area contributed by atoms with Gasteiger partial charge < -0.3 is 10.6 Å². The van der Waals surface area contributed by atoms with E-state index >= 15 is 0 Å². The molecule has 2 heterocycles. The Morgan fingerprint density at radius 1 is 1.68 bits per heavy atom. The minimum absolute atomic E-state index is 0.00933. The summed E-state index contributed by atoms with van der Waals surface area (Å²) in [5, 5.41) is 0.508. The maximum absolute atomic E-state index is 12.0. The summed E-state index contributed by atoms with van der Waals surface area (Å²) in [5.74, 6) is 1.08. The van der Waals surface area contributed by atoms with E-state index in [4.69, 9.17) is 17.3 Å². The van der Waals surface area contributed by atoms with Crippen LogP contribution in [0.3, 0.4) is 0 Å². The zero-order valence-electron chi connectivity index (χ0n) is 10.4. The Kier molecular flexibility index (Phi) is 4.31. The van der Waals surface area contributed by atoms with Crippen LogP contribution < -0.4 is 10.6 Å². The van der Waals surface area contributed by atoms with Gasteiger partial charge in [-0.05, 0) is 12.0 Å². The molecule has 0 aliphatic carbocycles. The molecule has 1 fully saturated rings. The second-order valence-corrected chi connectivity index (χ2v) is 6.07. The molecule has 1 aromatic rings. The quantitative estimate of drug-likeness (QED) is 0.923. The van der Waals surface area contributed by atoms with Crippen molar-refractivity contribution in [2.45, 2.75) is 13.3 Å². The predicted molar refractivity (Wildman–Crippen MR) is 77.3 cm³/mol. The number of carbonyl (C=O) groups is 2. The van der Waals surface area contributed by atoms with Crippen LogP contribution in [0.25, 0.3) is 0 Å². The Bertz CT molecular complexity index is 524. The second kappa shape index (κ2) is 5.79. The highest BCUT2D eigenvalue weighted by Gasteiger charge is 2.32. The minimum Gasteiger partial charge on any atom is -0.382 e. The lowest BCUT2D eigenvalue weighted by Gasteiger charge is -2.18. The summed E-state index contributed by atoms with van der Waals surface area (Å²) in [6.45, 7) is 2.07. The van der Waals surface area contributed by atoms with Crippen molar-refractivity contribution in [3.8, 4) is 0 Å². The molecule has 0 radical (unpaired) electrons. The van der Waals surface area contributed by atoms with Crippen molar-refractivity contribution in [1.82, 2.24) is 4.98 Å². The number of nitrogens with zero attached hydrogens (tertiary/aromatic N) is 2. The van der Waals surface area contributed by atoms with Crippen molar-refractivity contribution in [3.05, 3.63) is 17.3 Å². The largest absolute Gasteiger partial charge is 0.382 e. The summed E-state index contributed by atoms with van der Waals surface area (Å²) in [6, 6.07) is 1.64. The van der Waals surface area contributed by atoms with Gasteiger partial charge in [0.15, 0.2) is 5.12 Å². The lowest BCUT2D eigenvalue weighted by Crippen LogP contribution is -2.26. The number of anilines is 2. The lowest BCUT2D eigenvalue weighted by molar-refractivity contribution is -0.117. The maximum atomic E-state index is 12.0. The van der Waals surface area contributed by atoms with Crippen LogP contribution in [0.15, 0.2) is 12.3 Å². The fraction of sp³-hybridized carbons (Fsp3) is 0.417. The molecule has 0 bridgehead atoms. The van der Waals surface area contributed by atoms with Gasteiger partial charge in [0.2, 0.25) is 5.91 Å². The van der Waals surface area contributed by atoms with Crippen molar-refractivity contribution in [2.75, 3.05) is 22.9 Å². The van der Waals surface area contributed by atoms with Gasteiger partial charge in [-0.3, -0.25) is 9.59 Å². The van der Waals surface area contributed by atoms with Gasteiger partial charge in [-0.1, -0.05) is 23.4 Å². The van der Waals surface area contributed by atoms with Crippen molar-refractivity contribution in [2.24, 2.45) is 5.92 Å². The predicted octanol–water partition coefficient (Wildman–Crippen LogP) is 1.95. The number of pyridine rings is 1. The molecule has 7 heteroatoms. The van der Waals surface area contributed by atoms with Gasteiger partial charge in [-0.25, -0.2) is 4.98 Å². The smallest absolute Gasteiger partial charge is 0.227 e. The average molecular weight is 300 g/mol. The Labute approximate surface area is 120 Å². The Balaban J connectivity index is 2.11. The maximum Gasteiger partial charge on any atom is 0.227 e. The standard InChI is InChI=1S/C12H14ClN3O2S/c1-7(17)19-6-8-2-11(18)16(5-8)10-3-9(13)4-15-12(10)14/h3-4,8H,2,5-6H2,1H3,(H2,14,15). The number of aromatic nitrogens is 1. The monoisotopic (exact) mass is 299 g/mol. The molecule has 1 saturated heterocycles. The first-order chi connectivity index (χ1) is 8.97. The van der Waals surface area contributed by atoms with E-state index in [0.29, 0.717) is 29.4 Å². The summed E-state index contributed by atoms with van der Waals surface area (Å²) >= 11 is 7.12. The third kappa shape index (κ3) is 3.39. The molecule has 0 aromatic carbocycles. The summed E-state index contributed by atoms with van der Waals surface area (Å²) in [4.78, 5) is 28.5. The van der Waals surface area contributed by atoms with Crippen LogP contribution in [0.2, 0.25) is 5.02 Å². The summed E-state index contributed by atoms with van der Waals surface area (Å²) in [7, 11) is 0. The van der Waals surface area contributed by atoms with Crippen LogP contribution in [0.5, 0.6) is 0 Å². The van der Waals surface area contributed by atoms with Gasteiger partial charge in [0, 0.05) is 31.8 Å². The molecular weight excluding hydrogens is 286 g/mol. The van der Waals surface area contributed by atoms with Crippen LogP contribution in [0.1, 0.15) is 13.3 Å². The topological polar surface area (TPSA) is 76.3 Å². The van der Waals surface area contributed by atoms with Gasteiger partial charge in [-0.2, -0.15) is 0 Å². The molecule has 1 aromatic heterocycles. The zero-order valence-corrected chi connectivity index (χ0v) is 12.0. The molecular formula is C12H14ClN3O2S.